The number of esters is 1. The summed E-state index contributed by atoms with van der Waals surface area (Å²) in [4.78, 5) is 19.5. The Morgan fingerprint density at radius 3 is 2.81 bits per heavy atom. The number of nitrogens with zero attached hydrogens (tertiary/aromatic N) is 1. The lowest BCUT2D eigenvalue weighted by Crippen LogP contribution is -2.30. The van der Waals surface area contributed by atoms with Crippen LogP contribution in [-0.2, 0) is 9.53 Å². The van der Waals surface area contributed by atoms with Gasteiger partial charge < -0.3 is 15.0 Å². The Kier molecular flexibility index (Phi) is 4.08. The van der Waals surface area contributed by atoms with E-state index in [4.69, 9.17) is 4.74 Å². The molecule has 21 heavy (non-hydrogen) atoms. The maximum atomic E-state index is 11.7. The Morgan fingerprint density at radius 1 is 1.33 bits per heavy atom. The highest BCUT2D eigenvalue weighted by molar-refractivity contribution is 5.77. The van der Waals surface area contributed by atoms with Gasteiger partial charge >= 0.3 is 5.97 Å². The maximum Gasteiger partial charge on any atom is 0.308 e. The lowest BCUT2D eigenvalue weighted by atomic mass is 9.86. The van der Waals surface area contributed by atoms with Crippen molar-refractivity contribution < 1.29 is 9.53 Å². The highest BCUT2D eigenvalue weighted by Gasteiger charge is 2.27. The first kappa shape index (κ1) is 13.9. The summed E-state index contributed by atoms with van der Waals surface area (Å²) in [6.07, 6.45) is 3.72. The second kappa shape index (κ2) is 6.16. The Labute approximate surface area is 124 Å². The number of aromatic nitrogens is 2. The first-order valence-electron chi connectivity index (χ1n) is 7.64. The number of benzene rings is 1. The van der Waals surface area contributed by atoms with Crippen molar-refractivity contribution in [2.24, 2.45) is 5.92 Å². The minimum Gasteiger partial charge on any atom is -0.466 e. The zero-order valence-electron chi connectivity index (χ0n) is 12.3. The van der Waals surface area contributed by atoms with E-state index in [-0.39, 0.29) is 11.9 Å². The summed E-state index contributed by atoms with van der Waals surface area (Å²) in [5.41, 5.74) is 2.01. The van der Waals surface area contributed by atoms with Gasteiger partial charge in [-0.05, 0) is 44.7 Å². The van der Waals surface area contributed by atoms with Gasteiger partial charge in [-0.1, -0.05) is 12.1 Å². The molecule has 0 aliphatic heterocycles. The summed E-state index contributed by atoms with van der Waals surface area (Å²) in [6.45, 7) is 2.32. The van der Waals surface area contributed by atoms with E-state index in [0.717, 1.165) is 42.7 Å². The lowest BCUT2D eigenvalue weighted by molar-refractivity contribution is -0.149. The molecule has 0 spiro atoms. The van der Waals surface area contributed by atoms with E-state index < -0.39 is 0 Å². The molecule has 0 saturated heterocycles. The first-order chi connectivity index (χ1) is 10.3. The van der Waals surface area contributed by atoms with Crippen LogP contribution >= 0.6 is 0 Å². The van der Waals surface area contributed by atoms with Gasteiger partial charge in [-0.25, -0.2) is 4.98 Å². The van der Waals surface area contributed by atoms with Crippen molar-refractivity contribution in [3.05, 3.63) is 24.3 Å². The third-order valence-corrected chi connectivity index (χ3v) is 4.08. The van der Waals surface area contributed by atoms with Gasteiger partial charge in [-0.3, -0.25) is 4.79 Å². The maximum absolute atomic E-state index is 11.7. The van der Waals surface area contributed by atoms with Crippen LogP contribution in [0.5, 0.6) is 0 Å². The van der Waals surface area contributed by atoms with E-state index in [1.807, 2.05) is 31.2 Å². The van der Waals surface area contributed by atoms with Crippen LogP contribution in [0, 0.1) is 5.92 Å². The van der Waals surface area contributed by atoms with Crippen LogP contribution in [0.4, 0.5) is 5.95 Å². The molecular weight excluding hydrogens is 266 g/mol. The van der Waals surface area contributed by atoms with Crippen LogP contribution in [0.15, 0.2) is 24.3 Å². The molecule has 1 aromatic carbocycles. The summed E-state index contributed by atoms with van der Waals surface area (Å²) >= 11 is 0. The molecule has 0 amide bonds. The van der Waals surface area contributed by atoms with E-state index in [1.54, 1.807) is 0 Å². The van der Waals surface area contributed by atoms with E-state index in [1.165, 1.54) is 0 Å². The van der Waals surface area contributed by atoms with Crippen molar-refractivity contribution in [3.63, 3.8) is 0 Å². The number of ether oxygens (including phenoxy) is 1. The van der Waals surface area contributed by atoms with Crippen LogP contribution in [0.3, 0.4) is 0 Å². The number of carbonyl (C=O) groups is 1. The molecule has 0 unspecified atom stereocenters. The van der Waals surface area contributed by atoms with Crippen molar-refractivity contribution in [1.82, 2.24) is 9.97 Å². The number of anilines is 1. The number of nitrogens with one attached hydrogen (secondary N) is 2. The lowest BCUT2D eigenvalue weighted by Gasteiger charge is -2.27. The van der Waals surface area contributed by atoms with Crippen molar-refractivity contribution in [3.8, 4) is 0 Å². The second-order valence-corrected chi connectivity index (χ2v) is 5.55. The third-order valence-electron chi connectivity index (χ3n) is 4.08. The summed E-state index contributed by atoms with van der Waals surface area (Å²) < 4.78 is 5.10. The molecular formula is C16H21N3O2. The number of imidazole rings is 1. The van der Waals surface area contributed by atoms with Gasteiger partial charge in [0.1, 0.15) is 0 Å². The molecule has 1 heterocycles. The molecule has 5 heteroatoms. The van der Waals surface area contributed by atoms with Crippen molar-refractivity contribution in [2.75, 3.05) is 11.9 Å². The molecule has 2 N–H and O–H groups in total. The van der Waals surface area contributed by atoms with Crippen molar-refractivity contribution >= 4 is 23.0 Å². The highest BCUT2D eigenvalue weighted by Crippen LogP contribution is 2.27. The SMILES string of the molecule is CCOC(=O)C1CCC(Nc2nc3ccccc3[nH]2)CC1. The van der Waals surface area contributed by atoms with E-state index in [2.05, 4.69) is 15.3 Å². The highest BCUT2D eigenvalue weighted by atomic mass is 16.5. The molecule has 1 aliphatic rings. The van der Waals surface area contributed by atoms with Gasteiger partial charge in [0.15, 0.2) is 0 Å². The molecule has 1 aliphatic carbocycles. The van der Waals surface area contributed by atoms with Gasteiger partial charge in [0.25, 0.3) is 0 Å². The predicted octanol–water partition coefficient (Wildman–Crippen LogP) is 3.10. The fourth-order valence-corrected chi connectivity index (χ4v) is 2.95. The predicted molar refractivity (Wildman–Crippen MR) is 82.1 cm³/mol. The van der Waals surface area contributed by atoms with Gasteiger partial charge in [0.2, 0.25) is 5.95 Å². The Balaban J connectivity index is 1.56. The monoisotopic (exact) mass is 287 g/mol. The van der Waals surface area contributed by atoms with Gasteiger partial charge in [-0.15, -0.1) is 0 Å². The third kappa shape index (κ3) is 3.17. The summed E-state index contributed by atoms with van der Waals surface area (Å²) in [5.74, 6) is 0.842. The van der Waals surface area contributed by atoms with E-state index in [0.29, 0.717) is 12.6 Å². The standard InChI is InChI=1S/C16H21N3O2/c1-2-21-15(20)11-7-9-12(10-8-11)17-16-18-13-5-3-4-6-14(13)19-16/h3-6,11-12H,2,7-10H2,1H3,(H2,17,18,19). The van der Waals surface area contributed by atoms with Crippen molar-refractivity contribution in [1.29, 1.82) is 0 Å². The van der Waals surface area contributed by atoms with Crippen LogP contribution in [-0.4, -0.2) is 28.6 Å². The van der Waals surface area contributed by atoms with E-state index >= 15 is 0 Å². The largest absolute Gasteiger partial charge is 0.466 e. The van der Waals surface area contributed by atoms with Gasteiger partial charge in [-0.2, -0.15) is 0 Å². The number of rotatable bonds is 4. The number of H-pyrrole nitrogens is 1. The molecule has 2 aromatic rings. The molecule has 0 radical (unpaired) electrons. The zero-order valence-corrected chi connectivity index (χ0v) is 12.3. The number of para-hydroxylation sites is 2. The molecule has 1 aromatic heterocycles. The Hall–Kier alpha value is -2.04. The molecule has 0 atom stereocenters. The molecule has 1 fully saturated rings. The van der Waals surface area contributed by atoms with Gasteiger partial charge in [0, 0.05) is 6.04 Å². The fourth-order valence-electron chi connectivity index (χ4n) is 2.95. The quantitative estimate of drug-likeness (QED) is 0.848. The number of carbonyl (C=O) groups excluding carboxylic acids is 1. The first-order valence-corrected chi connectivity index (χ1v) is 7.64. The topological polar surface area (TPSA) is 67.0 Å². The minimum absolute atomic E-state index is 0.0420. The second-order valence-electron chi connectivity index (χ2n) is 5.55. The van der Waals surface area contributed by atoms with Gasteiger partial charge in [0.05, 0.1) is 23.6 Å². The number of hydrogen-bond acceptors (Lipinski definition) is 4. The summed E-state index contributed by atoms with van der Waals surface area (Å²) in [6, 6.07) is 8.36. The zero-order chi connectivity index (χ0) is 14.7. The van der Waals surface area contributed by atoms with Crippen LogP contribution in [0.2, 0.25) is 0 Å². The van der Waals surface area contributed by atoms with Crippen molar-refractivity contribution in [2.45, 2.75) is 38.6 Å². The average molecular weight is 287 g/mol. The Bertz CT molecular complexity index is 582. The van der Waals surface area contributed by atoms with Crippen LogP contribution in [0.1, 0.15) is 32.6 Å². The minimum atomic E-state index is -0.0420. The molecule has 0 bridgehead atoms. The number of fused-ring (bicyclic) bond motifs is 1. The van der Waals surface area contributed by atoms with Crippen LogP contribution < -0.4 is 5.32 Å². The summed E-state index contributed by atoms with van der Waals surface area (Å²) in [7, 11) is 0. The molecule has 3 rings (SSSR count). The Morgan fingerprint density at radius 2 is 2.10 bits per heavy atom. The molecule has 112 valence electrons. The molecule has 5 nitrogen and oxygen atoms in total. The average Bonchev–Trinajstić information content (AvgIpc) is 2.90. The van der Waals surface area contributed by atoms with E-state index in [9.17, 15) is 4.79 Å². The number of aromatic amines is 1. The summed E-state index contributed by atoms with van der Waals surface area (Å²) in [5, 5.41) is 3.44. The van der Waals surface area contributed by atoms with Crippen LogP contribution in [0.25, 0.3) is 11.0 Å². The smallest absolute Gasteiger partial charge is 0.308 e. The fraction of sp³-hybridized carbons (Fsp3) is 0.500. The normalized spacial score (nSPS) is 22.1. The molecule has 1 saturated carbocycles. The number of hydrogen-bond donors (Lipinski definition) is 2.